The molecule has 1 aliphatic rings. The molecule has 0 spiro atoms. The molecule has 1 heterocycles. The number of nitro groups is 1. The predicted octanol–water partition coefficient (Wildman–Crippen LogP) is 1.77. The minimum absolute atomic E-state index is 0.00205. The molecule has 1 fully saturated rings. The average Bonchev–Trinajstić information content (AvgIpc) is 2.57. The van der Waals surface area contributed by atoms with Crippen molar-refractivity contribution >= 4 is 18.3 Å². The normalized spacial score (nSPS) is 19.6. The number of rotatable bonds is 2. The molecule has 0 aliphatic carbocycles. The molecule has 1 aromatic carbocycles. The van der Waals surface area contributed by atoms with Crippen molar-refractivity contribution in [2.75, 3.05) is 0 Å². The Labute approximate surface area is 117 Å². The van der Waals surface area contributed by atoms with Crippen LogP contribution in [0.3, 0.4) is 0 Å². The average molecular weight is 274 g/mol. The molecule has 0 unspecified atom stereocenters. The summed E-state index contributed by atoms with van der Waals surface area (Å²) in [5.41, 5.74) is -0.598. The fourth-order valence-electron chi connectivity index (χ4n) is 1.93. The first kappa shape index (κ1) is 14.5. The first-order valence-corrected chi connectivity index (χ1v) is 6.22. The van der Waals surface area contributed by atoms with Crippen LogP contribution < -0.4 is 5.46 Å². The topological polar surface area (TPSA) is 85.4 Å². The molecule has 2 rings (SSSR count). The SMILES string of the molecule is CC1(C)OB(c2ccc([N+](=O)[O-])c(C#N)c2)OC1(C)C. The first-order valence-electron chi connectivity index (χ1n) is 6.22. The monoisotopic (exact) mass is 274 g/mol. The van der Waals surface area contributed by atoms with Crippen LogP contribution in [0.2, 0.25) is 0 Å². The van der Waals surface area contributed by atoms with Crippen LogP contribution in [0.1, 0.15) is 33.3 Å². The van der Waals surface area contributed by atoms with Crippen LogP contribution in [-0.2, 0) is 9.31 Å². The van der Waals surface area contributed by atoms with E-state index in [4.69, 9.17) is 14.6 Å². The Bertz CT molecular complexity index is 591. The van der Waals surface area contributed by atoms with Gasteiger partial charge in [-0.15, -0.1) is 0 Å². The smallest absolute Gasteiger partial charge is 0.399 e. The van der Waals surface area contributed by atoms with Crippen molar-refractivity contribution in [2.45, 2.75) is 38.9 Å². The Balaban J connectivity index is 2.37. The fourth-order valence-corrected chi connectivity index (χ4v) is 1.93. The lowest BCUT2D eigenvalue weighted by atomic mass is 9.78. The lowest BCUT2D eigenvalue weighted by Crippen LogP contribution is -2.41. The van der Waals surface area contributed by atoms with E-state index >= 15 is 0 Å². The van der Waals surface area contributed by atoms with Crippen LogP contribution >= 0.6 is 0 Å². The standard InChI is InChI=1S/C13H15BN2O4/c1-12(2)13(3,4)20-14(19-12)10-5-6-11(16(17)18)9(7-10)8-15/h5-7H,1-4H3. The third kappa shape index (κ3) is 2.28. The molecular formula is C13H15BN2O4. The van der Waals surface area contributed by atoms with Gasteiger partial charge in [0.05, 0.1) is 16.1 Å². The minimum Gasteiger partial charge on any atom is -0.399 e. The molecule has 1 saturated heterocycles. The largest absolute Gasteiger partial charge is 0.494 e. The Morgan fingerprint density at radius 3 is 2.25 bits per heavy atom. The van der Waals surface area contributed by atoms with Crippen molar-refractivity contribution in [1.29, 1.82) is 5.26 Å². The van der Waals surface area contributed by atoms with Crippen LogP contribution in [0.15, 0.2) is 18.2 Å². The highest BCUT2D eigenvalue weighted by Crippen LogP contribution is 2.36. The van der Waals surface area contributed by atoms with E-state index in [-0.39, 0.29) is 11.3 Å². The maximum absolute atomic E-state index is 10.8. The van der Waals surface area contributed by atoms with E-state index in [9.17, 15) is 10.1 Å². The summed E-state index contributed by atoms with van der Waals surface area (Å²) in [6.07, 6.45) is 0. The summed E-state index contributed by atoms with van der Waals surface area (Å²) in [7, 11) is -0.632. The Morgan fingerprint density at radius 2 is 1.80 bits per heavy atom. The molecule has 0 N–H and O–H groups in total. The maximum Gasteiger partial charge on any atom is 0.494 e. The number of nitriles is 1. The van der Waals surface area contributed by atoms with Crippen LogP contribution in [0.5, 0.6) is 0 Å². The van der Waals surface area contributed by atoms with E-state index in [2.05, 4.69) is 0 Å². The van der Waals surface area contributed by atoms with Crippen molar-refractivity contribution in [3.63, 3.8) is 0 Å². The zero-order chi connectivity index (χ0) is 15.1. The summed E-state index contributed by atoms with van der Waals surface area (Å²) in [6.45, 7) is 7.68. The molecule has 1 aliphatic heterocycles. The molecule has 20 heavy (non-hydrogen) atoms. The molecule has 1 aromatic rings. The molecule has 0 amide bonds. The molecule has 6 nitrogen and oxygen atoms in total. The second kappa shape index (κ2) is 4.58. The van der Waals surface area contributed by atoms with Crippen molar-refractivity contribution in [2.24, 2.45) is 0 Å². The number of nitrogens with zero attached hydrogens (tertiary/aromatic N) is 2. The second-order valence-corrected chi connectivity index (χ2v) is 5.73. The predicted molar refractivity (Wildman–Crippen MR) is 73.5 cm³/mol. The van der Waals surface area contributed by atoms with Crippen molar-refractivity contribution in [3.05, 3.63) is 33.9 Å². The number of hydrogen-bond acceptors (Lipinski definition) is 5. The van der Waals surface area contributed by atoms with Gasteiger partial charge in [0.1, 0.15) is 11.6 Å². The Hall–Kier alpha value is -1.91. The first-order chi connectivity index (χ1) is 9.18. The number of nitro benzene ring substituents is 1. The maximum atomic E-state index is 10.8. The van der Waals surface area contributed by atoms with E-state index in [1.54, 1.807) is 6.07 Å². The highest BCUT2D eigenvalue weighted by atomic mass is 16.7. The van der Waals surface area contributed by atoms with Gasteiger partial charge in [0.15, 0.2) is 0 Å². The third-order valence-corrected chi connectivity index (χ3v) is 3.86. The highest BCUT2D eigenvalue weighted by molar-refractivity contribution is 6.62. The summed E-state index contributed by atoms with van der Waals surface area (Å²) in [4.78, 5) is 10.2. The van der Waals surface area contributed by atoms with Gasteiger partial charge in [0.25, 0.3) is 5.69 Å². The van der Waals surface area contributed by atoms with Gasteiger partial charge in [-0.05, 0) is 39.2 Å². The quantitative estimate of drug-likeness (QED) is 0.466. The van der Waals surface area contributed by atoms with Crippen LogP contribution in [0.4, 0.5) is 5.69 Å². The Kier molecular flexibility index (Phi) is 3.32. The zero-order valence-electron chi connectivity index (χ0n) is 11.8. The fraction of sp³-hybridized carbons (Fsp3) is 0.462. The Morgan fingerprint density at radius 1 is 1.25 bits per heavy atom. The van der Waals surface area contributed by atoms with Crippen LogP contribution in [-0.4, -0.2) is 23.2 Å². The van der Waals surface area contributed by atoms with E-state index in [1.165, 1.54) is 12.1 Å². The van der Waals surface area contributed by atoms with Gasteiger partial charge in [-0.25, -0.2) is 0 Å². The summed E-state index contributed by atoms with van der Waals surface area (Å²) in [5, 5.41) is 19.8. The van der Waals surface area contributed by atoms with Crippen LogP contribution in [0, 0.1) is 21.4 Å². The van der Waals surface area contributed by atoms with Gasteiger partial charge in [-0.1, -0.05) is 6.07 Å². The van der Waals surface area contributed by atoms with E-state index in [1.807, 2.05) is 33.8 Å². The third-order valence-electron chi connectivity index (χ3n) is 3.86. The summed E-state index contributed by atoms with van der Waals surface area (Å²) in [6, 6.07) is 6.14. The summed E-state index contributed by atoms with van der Waals surface area (Å²) >= 11 is 0. The second-order valence-electron chi connectivity index (χ2n) is 5.73. The number of benzene rings is 1. The van der Waals surface area contributed by atoms with E-state index < -0.39 is 23.2 Å². The van der Waals surface area contributed by atoms with Gasteiger partial charge in [0, 0.05) is 6.07 Å². The van der Waals surface area contributed by atoms with E-state index in [0.29, 0.717) is 5.46 Å². The van der Waals surface area contributed by atoms with Gasteiger partial charge in [-0.3, -0.25) is 10.1 Å². The molecular weight excluding hydrogens is 259 g/mol. The van der Waals surface area contributed by atoms with Crippen molar-refractivity contribution in [3.8, 4) is 6.07 Å². The van der Waals surface area contributed by atoms with Crippen molar-refractivity contribution in [1.82, 2.24) is 0 Å². The van der Waals surface area contributed by atoms with Crippen molar-refractivity contribution < 1.29 is 14.2 Å². The summed E-state index contributed by atoms with van der Waals surface area (Å²) < 4.78 is 11.7. The van der Waals surface area contributed by atoms with Crippen LogP contribution in [0.25, 0.3) is 0 Å². The van der Waals surface area contributed by atoms with Gasteiger partial charge in [-0.2, -0.15) is 5.26 Å². The lowest BCUT2D eigenvalue weighted by molar-refractivity contribution is -0.385. The molecule has 7 heteroatoms. The van der Waals surface area contributed by atoms with E-state index in [0.717, 1.165) is 0 Å². The minimum atomic E-state index is -0.632. The molecule has 0 bridgehead atoms. The van der Waals surface area contributed by atoms with Gasteiger partial charge in [0.2, 0.25) is 0 Å². The molecule has 0 radical (unpaired) electrons. The lowest BCUT2D eigenvalue weighted by Gasteiger charge is -2.32. The molecule has 0 aromatic heterocycles. The zero-order valence-corrected chi connectivity index (χ0v) is 11.8. The van der Waals surface area contributed by atoms with Gasteiger partial charge < -0.3 is 9.31 Å². The molecule has 0 saturated carbocycles. The molecule has 104 valence electrons. The summed E-state index contributed by atoms with van der Waals surface area (Å²) in [5.74, 6) is 0. The van der Waals surface area contributed by atoms with Gasteiger partial charge >= 0.3 is 7.12 Å². The number of hydrogen-bond donors (Lipinski definition) is 0. The highest BCUT2D eigenvalue weighted by Gasteiger charge is 2.51. The molecule has 0 atom stereocenters.